The topological polar surface area (TPSA) is 84.7 Å². The van der Waals surface area contributed by atoms with Gasteiger partial charge in [-0.3, -0.25) is 14.3 Å². The number of hydrogen-bond acceptors (Lipinski definition) is 4. The van der Waals surface area contributed by atoms with Crippen molar-refractivity contribution in [3.05, 3.63) is 17.5 Å². The zero-order valence-electron chi connectivity index (χ0n) is 16.8. The molecule has 3 fully saturated rings. The molecule has 0 bridgehead atoms. The van der Waals surface area contributed by atoms with Crippen LogP contribution >= 0.6 is 0 Å². The lowest BCUT2D eigenvalue weighted by Crippen LogP contribution is -2.43. The van der Waals surface area contributed by atoms with Gasteiger partial charge in [-0.1, -0.05) is 6.92 Å². The molecule has 0 spiro atoms. The van der Waals surface area contributed by atoms with Crippen LogP contribution in [0.15, 0.2) is 6.20 Å². The Kier molecular flexibility index (Phi) is 5.45. The zero-order valence-corrected chi connectivity index (χ0v) is 16.8. The maximum atomic E-state index is 13.2. The number of hydrogen-bond donors (Lipinski definition) is 1. The normalized spacial score (nSPS) is 27.1. The Morgan fingerprint density at radius 1 is 1.25 bits per heavy atom. The average molecular weight is 389 g/mol. The summed E-state index contributed by atoms with van der Waals surface area (Å²) >= 11 is 0. The lowest BCUT2D eigenvalue weighted by atomic mass is 9.84. The maximum Gasteiger partial charge on any atom is 0.309 e. The number of piperidine rings is 1. The van der Waals surface area contributed by atoms with Crippen LogP contribution in [0.5, 0.6) is 0 Å². The van der Waals surface area contributed by atoms with Gasteiger partial charge in [-0.05, 0) is 51.4 Å². The van der Waals surface area contributed by atoms with Crippen LogP contribution in [-0.2, 0) is 9.53 Å². The van der Waals surface area contributed by atoms with Crippen molar-refractivity contribution in [1.29, 1.82) is 0 Å². The van der Waals surface area contributed by atoms with E-state index in [0.717, 1.165) is 43.4 Å². The maximum absolute atomic E-state index is 13.2. The molecular weight excluding hydrogens is 358 g/mol. The van der Waals surface area contributed by atoms with Gasteiger partial charge in [0, 0.05) is 31.7 Å². The standard InChI is InChI=1S/C21H31N3O4/c1-3-13(2)24-18(14-4-5-14)17(12-22-24)20(25)23-9-6-15(7-10-23)19-16(21(26)27)8-11-28-19/h12-16,19H,3-11H2,1-2H3,(H,26,27)/t13?,16?,19-/m0/s1. The molecule has 2 unspecified atom stereocenters. The summed E-state index contributed by atoms with van der Waals surface area (Å²) in [6.45, 7) is 6.15. The van der Waals surface area contributed by atoms with E-state index < -0.39 is 11.9 Å². The van der Waals surface area contributed by atoms with Gasteiger partial charge in [0.25, 0.3) is 5.91 Å². The van der Waals surface area contributed by atoms with E-state index in [-0.39, 0.29) is 17.9 Å². The summed E-state index contributed by atoms with van der Waals surface area (Å²) in [6, 6.07) is 0.301. The van der Waals surface area contributed by atoms with Gasteiger partial charge in [0.05, 0.1) is 29.5 Å². The number of carboxylic acid groups (broad SMARTS) is 1. The van der Waals surface area contributed by atoms with Gasteiger partial charge < -0.3 is 14.7 Å². The molecule has 0 radical (unpaired) electrons. The highest BCUT2D eigenvalue weighted by atomic mass is 16.5. The Hall–Kier alpha value is -1.89. The van der Waals surface area contributed by atoms with E-state index in [1.807, 2.05) is 4.90 Å². The van der Waals surface area contributed by atoms with E-state index in [1.165, 1.54) is 0 Å². The summed E-state index contributed by atoms with van der Waals surface area (Å²) in [6.07, 6.45) is 7.03. The van der Waals surface area contributed by atoms with Crippen molar-refractivity contribution in [3.8, 4) is 0 Å². The lowest BCUT2D eigenvalue weighted by molar-refractivity contribution is -0.145. The molecule has 2 saturated heterocycles. The van der Waals surface area contributed by atoms with Crippen molar-refractivity contribution in [1.82, 2.24) is 14.7 Å². The highest BCUT2D eigenvalue weighted by molar-refractivity contribution is 5.95. The number of aromatic nitrogens is 2. The van der Waals surface area contributed by atoms with Gasteiger partial charge >= 0.3 is 5.97 Å². The summed E-state index contributed by atoms with van der Waals surface area (Å²) in [7, 11) is 0. The van der Waals surface area contributed by atoms with E-state index in [2.05, 4.69) is 23.6 Å². The number of carboxylic acids is 1. The van der Waals surface area contributed by atoms with Crippen LogP contribution in [0.25, 0.3) is 0 Å². The Labute approximate surface area is 166 Å². The lowest BCUT2D eigenvalue weighted by Gasteiger charge is -2.35. The number of amides is 1. The Balaban J connectivity index is 1.43. The molecule has 1 aromatic rings. The Bertz CT molecular complexity index is 734. The second kappa shape index (κ2) is 7.85. The Morgan fingerprint density at radius 3 is 2.57 bits per heavy atom. The summed E-state index contributed by atoms with van der Waals surface area (Å²) in [5.74, 6) is -0.387. The predicted molar refractivity (Wildman–Crippen MR) is 103 cm³/mol. The number of likely N-dealkylation sites (tertiary alicyclic amines) is 1. The van der Waals surface area contributed by atoms with Gasteiger partial charge in [0.15, 0.2) is 0 Å². The van der Waals surface area contributed by atoms with Gasteiger partial charge in [-0.25, -0.2) is 0 Å². The molecule has 28 heavy (non-hydrogen) atoms. The first kappa shape index (κ1) is 19.4. The summed E-state index contributed by atoms with van der Waals surface area (Å²) in [5.41, 5.74) is 1.88. The number of rotatable bonds is 6. The molecule has 1 aromatic heterocycles. The van der Waals surface area contributed by atoms with Crippen LogP contribution in [0.4, 0.5) is 0 Å². The van der Waals surface area contributed by atoms with E-state index in [9.17, 15) is 14.7 Å². The van der Waals surface area contributed by atoms with Crippen molar-refractivity contribution in [2.24, 2.45) is 11.8 Å². The van der Waals surface area contributed by atoms with Gasteiger partial charge in [-0.15, -0.1) is 0 Å². The first-order valence-corrected chi connectivity index (χ1v) is 10.7. The molecule has 1 amide bonds. The molecule has 3 atom stereocenters. The minimum absolute atomic E-state index is 0.0806. The SMILES string of the molecule is CCC(C)n1ncc(C(=O)N2CCC([C@@H]3OCCC3C(=O)O)CC2)c1C1CC1. The van der Waals surface area contributed by atoms with Crippen LogP contribution in [0.2, 0.25) is 0 Å². The first-order chi connectivity index (χ1) is 13.5. The molecule has 0 aromatic carbocycles. The molecule has 7 nitrogen and oxygen atoms in total. The molecule has 4 rings (SSSR count). The summed E-state index contributed by atoms with van der Waals surface area (Å²) in [5, 5.41) is 14.0. The molecule has 1 saturated carbocycles. The van der Waals surface area contributed by atoms with Gasteiger partial charge in [-0.2, -0.15) is 5.10 Å². The van der Waals surface area contributed by atoms with E-state index in [1.54, 1.807) is 6.20 Å². The molecular formula is C21H31N3O4. The number of carbonyl (C=O) groups is 2. The van der Waals surface area contributed by atoms with Gasteiger partial charge in [0.1, 0.15) is 0 Å². The molecule has 3 aliphatic rings. The quantitative estimate of drug-likeness (QED) is 0.808. The smallest absolute Gasteiger partial charge is 0.309 e. The van der Waals surface area contributed by atoms with E-state index in [0.29, 0.717) is 38.1 Å². The van der Waals surface area contributed by atoms with Crippen LogP contribution in [0.1, 0.15) is 80.4 Å². The summed E-state index contributed by atoms with van der Waals surface area (Å²) < 4.78 is 7.81. The number of nitrogens with zero attached hydrogens (tertiary/aromatic N) is 3. The minimum Gasteiger partial charge on any atom is -0.481 e. The highest BCUT2D eigenvalue weighted by Crippen LogP contribution is 2.43. The fourth-order valence-electron chi connectivity index (χ4n) is 4.77. The van der Waals surface area contributed by atoms with E-state index in [4.69, 9.17) is 4.74 Å². The largest absolute Gasteiger partial charge is 0.481 e. The van der Waals surface area contributed by atoms with Crippen LogP contribution < -0.4 is 0 Å². The summed E-state index contributed by atoms with van der Waals surface area (Å²) in [4.78, 5) is 26.6. The van der Waals surface area contributed by atoms with Crippen molar-refractivity contribution >= 4 is 11.9 Å². The predicted octanol–water partition coefficient (Wildman–Crippen LogP) is 3.07. The first-order valence-electron chi connectivity index (χ1n) is 10.7. The van der Waals surface area contributed by atoms with Crippen molar-refractivity contribution < 1.29 is 19.4 Å². The third-order valence-corrected chi connectivity index (χ3v) is 6.78. The molecule has 1 N–H and O–H groups in total. The molecule has 1 aliphatic carbocycles. The highest BCUT2D eigenvalue weighted by Gasteiger charge is 2.41. The monoisotopic (exact) mass is 389 g/mol. The fourth-order valence-corrected chi connectivity index (χ4v) is 4.77. The van der Waals surface area contributed by atoms with Crippen molar-refractivity contribution in [3.63, 3.8) is 0 Å². The van der Waals surface area contributed by atoms with Crippen molar-refractivity contribution in [2.75, 3.05) is 19.7 Å². The fraction of sp³-hybridized carbons (Fsp3) is 0.762. The van der Waals surface area contributed by atoms with Crippen LogP contribution in [-0.4, -0.2) is 57.5 Å². The second-order valence-corrected chi connectivity index (χ2v) is 8.62. The number of ether oxygens (including phenoxy) is 1. The third kappa shape index (κ3) is 3.56. The number of aliphatic carboxylic acids is 1. The molecule has 3 heterocycles. The molecule has 2 aliphatic heterocycles. The zero-order chi connectivity index (χ0) is 19.8. The van der Waals surface area contributed by atoms with E-state index >= 15 is 0 Å². The van der Waals surface area contributed by atoms with Crippen molar-refractivity contribution in [2.45, 2.75) is 70.4 Å². The Morgan fingerprint density at radius 2 is 1.96 bits per heavy atom. The van der Waals surface area contributed by atoms with Crippen LogP contribution in [0.3, 0.4) is 0 Å². The molecule has 154 valence electrons. The number of carbonyl (C=O) groups excluding carboxylic acids is 1. The minimum atomic E-state index is -0.757. The molecule has 7 heteroatoms. The third-order valence-electron chi connectivity index (χ3n) is 6.78. The second-order valence-electron chi connectivity index (χ2n) is 8.62. The van der Waals surface area contributed by atoms with Gasteiger partial charge in [0.2, 0.25) is 0 Å². The average Bonchev–Trinajstić information content (AvgIpc) is 3.25. The van der Waals surface area contributed by atoms with Crippen LogP contribution in [0, 0.1) is 11.8 Å².